The summed E-state index contributed by atoms with van der Waals surface area (Å²) in [6.45, 7) is 3.47. The molecule has 0 aliphatic heterocycles. The second-order valence-electron chi connectivity index (χ2n) is 6.31. The van der Waals surface area contributed by atoms with Crippen LogP contribution < -0.4 is 21.7 Å². The third-order valence-corrected chi connectivity index (χ3v) is 3.79. The molecule has 158 valence electrons. The Balaban J connectivity index is 0.00000392. The van der Waals surface area contributed by atoms with Crippen molar-refractivity contribution in [2.24, 2.45) is 11.7 Å². The van der Waals surface area contributed by atoms with Crippen LogP contribution in [0.3, 0.4) is 0 Å². The van der Waals surface area contributed by atoms with Gasteiger partial charge in [0.25, 0.3) is 5.91 Å². The van der Waals surface area contributed by atoms with E-state index < -0.39 is 11.9 Å². The quantitative estimate of drug-likeness (QED) is 0.523. The number of carbonyl (C=O) groups is 3. The molecular weight excluding hydrogens is 417 g/mol. The maximum atomic E-state index is 12.2. The van der Waals surface area contributed by atoms with E-state index in [4.69, 9.17) is 5.73 Å². The fourth-order valence-electron chi connectivity index (χ4n) is 2.17. The van der Waals surface area contributed by atoms with Crippen molar-refractivity contribution >= 4 is 53.9 Å². The van der Waals surface area contributed by atoms with E-state index in [1.807, 2.05) is 13.8 Å². The molecule has 8 nitrogen and oxygen atoms in total. The zero-order valence-corrected chi connectivity index (χ0v) is 17.7. The van der Waals surface area contributed by atoms with Crippen LogP contribution in [0.4, 0.5) is 11.4 Å². The number of rotatable bonds is 7. The maximum absolute atomic E-state index is 12.2. The van der Waals surface area contributed by atoms with Gasteiger partial charge in [0.2, 0.25) is 11.8 Å². The summed E-state index contributed by atoms with van der Waals surface area (Å²) in [7, 11) is 0. The molecule has 5 N–H and O–H groups in total. The highest BCUT2D eigenvalue weighted by molar-refractivity contribution is 6.04. The molecule has 0 bridgehead atoms. The summed E-state index contributed by atoms with van der Waals surface area (Å²) in [6.07, 6.45) is 3.07. The molecule has 0 unspecified atom stereocenters. The average Bonchev–Trinajstić information content (AvgIpc) is 2.66. The molecule has 1 aromatic carbocycles. The Hall–Kier alpha value is -2.68. The van der Waals surface area contributed by atoms with Gasteiger partial charge in [0.15, 0.2) is 0 Å². The van der Waals surface area contributed by atoms with Crippen molar-refractivity contribution < 1.29 is 14.4 Å². The predicted octanol–water partition coefficient (Wildman–Crippen LogP) is 2.22. The van der Waals surface area contributed by atoms with Crippen LogP contribution in [0.2, 0.25) is 0 Å². The van der Waals surface area contributed by atoms with Gasteiger partial charge >= 0.3 is 0 Å². The smallest absolute Gasteiger partial charge is 0.255 e. The molecule has 0 fully saturated rings. The molecule has 0 spiro atoms. The first-order valence-corrected chi connectivity index (χ1v) is 8.51. The summed E-state index contributed by atoms with van der Waals surface area (Å²) >= 11 is 0. The van der Waals surface area contributed by atoms with Crippen LogP contribution in [-0.4, -0.2) is 35.3 Å². The molecule has 0 aliphatic rings. The SMILES string of the molecule is CC(C)[C@H](N)C(=O)NCC(=O)Nc1cccc(NC(=O)c2ccncc2)c1.Cl.Cl. The number of halogens is 2. The van der Waals surface area contributed by atoms with Gasteiger partial charge < -0.3 is 21.7 Å². The first kappa shape index (κ1) is 26.3. The van der Waals surface area contributed by atoms with Crippen molar-refractivity contribution in [3.63, 3.8) is 0 Å². The van der Waals surface area contributed by atoms with Gasteiger partial charge in [-0.2, -0.15) is 0 Å². The number of hydrogen-bond acceptors (Lipinski definition) is 5. The molecule has 3 amide bonds. The van der Waals surface area contributed by atoms with Gasteiger partial charge in [-0.15, -0.1) is 24.8 Å². The molecule has 0 saturated heterocycles. The zero-order valence-electron chi connectivity index (χ0n) is 16.0. The minimum absolute atomic E-state index is 0. The number of benzene rings is 1. The lowest BCUT2D eigenvalue weighted by molar-refractivity contribution is -0.125. The molecular formula is C19H25Cl2N5O3. The Morgan fingerprint density at radius 3 is 2.17 bits per heavy atom. The summed E-state index contributed by atoms with van der Waals surface area (Å²) < 4.78 is 0. The van der Waals surface area contributed by atoms with Crippen molar-refractivity contribution in [1.29, 1.82) is 0 Å². The molecule has 2 rings (SSSR count). The van der Waals surface area contributed by atoms with Gasteiger partial charge in [-0.1, -0.05) is 19.9 Å². The number of amides is 3. The molecule has 0 aliphatic carbocycles. The summed E-state index contributed by atoms with van der Waals surface area (Å²) in [4.78, 5) is 39.8. The number of anilines is 2. The fraction of sp³-hybridized carbons (Fsp3) is 0.263. The number of aromatic nitrogens is 1. The number of pyridine rings is 1. The van der Waals surface area contributed by atoms with Crippen molar-refractivity contribution in [3.8, 4) is 0 Å². The van der Waals surface area contributed by atoms with Crippen LogP contribution in [0, 0.1) is 5.92 Å². The van der Waals surface area contributed by atoms with Gasteiger partial charge in [-0.25, -0.2) is 0 Å². The first-order valence-electron chi connectivity index (χ1n) is 8.51. The van der Waals surface area contributed by atoms with E-state index in [-0.39, 0.29) is 49.1 Å². The highest BCUT2D eigenvalue weighted by Crippen LogP contribution is 2.16. The number of nitrogens with two attached hydrogens (primary N) is 1. The third-order valence-electron chi connectivity index (χ3n) is 3.79. The number of nitrogens with zero attached hydrogens (tertiary/aromatic N) is 1. The van der Waals surface area contributed by atoms with Crippen LogP contribution >= 0.6 is 24.8 Å². The van der Waals surface area contributed by atoms with E-state index in [0.717, 1.165) is 0 Å². The van der Waals surface area contributed by atoms with Crippen LogP contribution in [0.1, 0.15) is 24.2 Å². The topological polar surface area (TPSA) is 126 Å². The highest BCUT2D eigenvalue weighted by Gasteiger charge is 2.17. The molecule has 1 atom stereocenters. The lowest BCUT2D eigenvalue weighted by Gasteiger charge is -2.15. The normalized spacial score (nSPS) is 10.8. The lowest BCUT2D eigenvalue weighted by atomic mass is 10.1. The van der Waals surface area contributed by atoms with Gasteiger partial charge in [-0.3, -0.25) is 19.4 Å². The lowest BCUT2D eigenvalue weighted by Crippen LogP contribution is -2.46. The summed E-state index contributed by atoms with van der Waals surface area (Å²) in [5.41, 5.74) is 7.22. The third kappa shape index (κ3) is 8.47. The Morgan fingerprint density at radius 1 is 1.00 bits per heavy atom. The Labute approximate surface area is 181 Å². The Morgan fingerprint density at radius 2 is 1.59 bits per heavy atom. The van der Waals surface area contributed by atoms with E-state index in [1.165, 1.54) is 12.4 Å². The second kappa shape index (κ2) is 12.7. The summed E-state index contributed by atoms with van der Waals surface area (Å²) in [5.74, 6) is -1.07. The van der Waals surface area contributed by atoms with Crippen LogP contribution in [-0.2, 0) is 9.59 Å². The van der Waals surface area contributed by atoms with Gasteiger partial charge in [0.05, 0.1) is 12.6 Å². The molecule has 10 heteroatoms. The van der Waals surface area contributed by atoms with Gasteiger partial charge in [0, 0.05) is 29.3 Å². The molecule has 2 aromatic rings. The van der Waals surface area contributed by atoms with E-state index >= 15 is 0 Å². The molecule has 1 heterocycles. The van der Waals surface area contributed by atoms with E-state index in [1.54, 1.807) is 36.4 Å². The van der Waals surface area contributed by atoms with Crippen LogP contribution in [0.15, 0.2) is 48.8 Å². The average molecular weight is 442 g/mol. The van der Waals surface area contributed by atoms with Crippen LogP contribution in [0.5, 0.6) is 0 Å². The largest absolute Gasteiger partial charge is 0.346 e. The Bertz CT molecular complexity index is 819. The predicted molar refractivity (Wildman–Crippen MR) is 118 cm³/mol. The van der Waals surface area contributed by atoms with Crippen molar-refractivity contribution in [1.82, 2.24) is 10.3 Å². The standard InChI is InChI=1S/C19H23N5O3.2ClH/c1-12(2)17(20)19(27)22-11-16(25)23-14-4-3-5-15(10-14)24-18(26)13-6-8-21-9-7-13;;/h3-10,12,17H,11,20H2,1-2H3,(H,22,27)(H,23,25)(H,24,26);2*1H/t17-;;/m0../s1. The monoisotopic (exact) mass is 441 g/mol. The number of nitrogens with one attached hydrogen (secondary N) is 3. The number of carbonyl (C=O) groups excluding carboxylic acids is 3. The van der Waals surface area contributed by atoms with Gasteiger partial charge in [0.1, 0.15) is 0 Å². The fourth-order valence-corrected chi connectivity index (χ4v) is 2.17. The maximum Gasteiger partial charge on any atom is 0.255 e. The van der Waals surface area contributed by atoms with Crippen molar-refractivity contribution in [2.45, 2.75) is 19.9 Å². The zero-order chi connectivity index (χ0) is 19.8. The molecule has 0 saturated carbocycles. The van der Waals surface area contributed by atoms with Crippen LogP contribution in [0.25, 0.3) is 0 Å². The van der Waals surface area contributed by atoms with E-state index in [0.29, 0.717) is 16.9 Å². The minimum Gasteiger partial charge on any atom is -0.346 e. The second-order valence-corrected chi connectivity index (χ2v) is 6.31. The first-order chi connectivity index (χ1) is 12.9. The molecule has 29 heavy (non-hydrogen) atoms. The Kier molecular flexibility index (Phi) is 11.5. The highest BCUT2D eigenvalue weighted by atomic mass is 35.5. The minimum atomic E-state index is -0.662. The summed E-state index contributed by atoms with van der Waals surface area (Å²) in [6, 6.07) is 9.25. The van der Waals surface area contributed by atoms with E-state index in [2.05, 4.69) is 20.9 Å². The van der Waals surface area contributed by atoms with E-state index in [9.17, 15) is 14.4 Å². The molecule has 1 aromatic heterocycles. The molecule has 0 radical (unpaired) electrons. The van der Waals surface area contributed by atoms with Gasteiger partial charge in [-0.05, 0) is 36.2 Å². The van der Waals surface area contributed by atoms with Crippen molar-refractivity contribution in [3.05, 3.63) is 54.4 Å². The summed E-state index contributed by atoms with van der Waals surface area (Å²) in [5, 5.41) is 7.91. The number of hydrogen-bond donors (Lipinski definition) is 4. The van der Waals surface area contributed by atoms with Crippen molar-refractivity contribution in [2.75, 3.05) is 17.2 Å².